The number of rotatable bonds is 4. The molecule has 2 saturated heterocycles. The number of fused-ring (bicyclic) bond motifs is 1. The molecule has 0 spiro atoms. The summed E-state index contributed by atoms with van der Waals surface area (Å²) in [5, 5.41) is 0. The van der Waals surface area contributed by atoms with E-state index in [1.54, 1.807) is 0 Å². The van der Waals surface area contributed by atoms with Gasteiger partial charge in [0, 0.05) is 18.5 Å². The van der Waals surface area contributed by atoms with Crippen molar-refractivity contribution in [3.63, 3.8) is 0 Å². The molecule has 5 nitrogen and oxygen atoms in total. The number of aryl methyl sites for hydroxylation is 1. The van der Waals surface area contributed by atoms with Gasteiger partial charge in [-0.1, -0.05) is 30.3 Å². The van der Waals surface area contributed by atoms with Crippen LogP contribution in [0.1, 0.15) is 41.8 Å². The maximum Gasteiger partial charge on any atom is 0.253 e. The quantitative estimate of drug-likeness (QED) is 0.806. The Hall–Kier alpha value is -2.37. The van der Waals surface area contributed by atoms with Crippen molar-refractivity contribution in [1.82, 2.24) is 4.90 Å². The second-order valence-electron chi connectivity index (χ2n) is 7.82. The lowest BCUT2D eigenvalue weighted by Crippen LogP contribution is -2.53. The second-order valence-corrected chi connectivity index (χ2v) is 7.82. The van der Waals surface area contributed by atoms with Gasteiger partial charge in [0.1, 0.15) is 24.2 Å². The average molecular weight is 381 g/mol. The molecule has 0 radical (unpaired) electrons. The number of ether oxygens (including phenoxy) is 3. The van der Waals surface area contributed by atoms with E-state index in [0.29, 0.717) is 18.7 Å². The Bertz CT molecular complexity index is 851. The Morgan fingerprint density at radius 2 is 2.00 bits per heavy atom. The van der Waals surface area contributed by atoms with Crippen LogP contribution >= 0.6 is 0 Å². The van der Waals surface area contributed by atoms with Crippen molar-refractivity contribution in [3.05, 3.63) is 65.2 Å². The predicted molar refractivity (Wildman–Crippen MR) is 106 cm³/mol. The van der Waals surface area contributed by atoms with Gasteiger partial charge >= 0.3 is 0 Å². The summed E-state index contributed by atoms with van der Waals surface area (Å²) in [6, 6.07) is 15.8. The van der Waals surface area contributed by atoms with Gasteiger partial charge in [-0.25, -0.2) is 0 Å². The van der Waals surface area contributed by atoms with Crippen LogP contribution in [0.15, 0.2) is 48.5 Å². The van der Waals surface area contributed by atoms with Crippen molar-refractivity contribution >= 4 is 5.91 Å². The molecule has 2 fully saturated rings. The molecule has 4 rings (SSSR count). The Balaban J connectivity index is 1.51. The SMILES string of the molecule is Cc1cc(C(=O)N2CC[C@]3(c4ccccc4)OCOC3C2)ccc1OC(C)C. The monoisotopic (exact) mass is 381 g/mol. The Morgan fingerprint density at radius 1 is 1.21 bits per heavy atom. The van der Waals surface area contributed by atoms with Crippen LogP contribution in [0.2, 0.25) is 0 Å². The highest BCUT2D eigenvalue weighted by atomic mass is 16.7. The third kappa shape index (κ3) is 3.40. The minimum Gasteiger partial charge on any atom is -0.491 e. The van der Waals surface area contributed by atoms with Crippen LogP contribution in [-0.2, 0) is 15.1 Å². The number of nitrogens with zero attached hydrogens (tertiary/aromatic N) is 1. The highest BCUT2D eigenvalue weighted by molar-refractivity contribution is 5.94. The normalized spacial score (nSPS) is 24.3. The number of piperidine rings is 1. The molecule has 0 saturated carbocycles. The van der Waals surface area contributed by atoms with E-state index in [-0.39, 0.29) is 24.9 Å². The minimum absolute atomic E-state index is 0.0244. The lowest BCUT2D eigenvalue weighted by Gasteiger charge is -2.42. The van der Waals surface area contributed by atoms with Gasteiger partial charge in [0.05, 0.1) is 12.6 Å². The lowest BCUT2D eigenvalue weighted by molar-refractivity contribution is -0.0439. The molecule has 5 heteroatoms. The van der Waals surface area contributed by atoms with Crippen LogP contribution in [-0.4, -0.2) is 42.9 Å². The van der Waals surface area contributed by atoms with E-state index >= 15 is 0 Å². The molecule has 0 bridgehead atoms. The number of carbonyl (C=O) groups excluding carboxylic acids is 1. The van der Waals surface area contributed by atoms with E-state index in [2.05, 4.69) is 12.1 Å². The molecule has 1 amide bonds. The summed E-state index contributed by atoms with van der Waals surface area (Å²) in [4.78, 5) is 15.0. The highest BCUT2D eigenvalue weighted by Gasteiger charge is 2.51. The molecule has 2 aromatic rings. The standard InChI is InChI=1S/C23H27NO4/c1-16(2)28-20-10-9-18(13-17(20)3)22(25)24-12-11-23(19-7-5-4-6-8-19)21(14-24)26-15-27-23/h4-10,13,16,21H,11-12,14-15H2,1-3H3/t21?,23-/m1/s1. The number of hydrogen-bond donors (Lipinski definition) is 0. The average Bonchev–Trinajstić information content (AvgIpc) is 3.13. The maximum atomic E-state index is 13.1. The number of likely N-dealkylation sites (tertiary alicyclic amines) is 1. The van der Waals surface area contributed by atoms with E-state index in [1.165, 1.54) is 0 Å². The Morgan fingerprint density at radius 3 is 2.71 bits per heavy atom. The van der Waals surface area contributed by atoms with E-state index in [0.717, 1.165) is 23.3 Å². The number of amides is 1. The summed E-state index contributed by atoms with van der Waals surface area (Å²) in [6.45, 7) is 7.39. The first-order chi connectivity index (χ1) is 13.5. The maximum absolute atomic E-state index is 13.1. The predicted octanol–water partition coefficient (Wildman–Crippen LogP) is 3.90. The molecule has 2 aromatic carbocycles. The zero-order valence-electron chi connectivity index (χ0n) is 16.7. The number of benzene rings is 2. The summed E-state index contributed by atoms with van der Waals surface area (Å²) in [5.74, 6) is 0.845. The molecule has 2 atom stereocenters. The fourth-order valence-corrected chi connectivity index (χ4v) is 4.14. The first kappa shape index (κ1) is 19.0. The third-order valence-electron chi connectivity index (χ3n) is 5.58. The molecule has 28 heavy (non-hydrogen) atoms. The van der Waals surface area contributed by atoms with E-state index in [9.17, 15) is 4.79 Å². The van der Waals surface area contributed by atoms with Crippen LogP contribution in [0.4, 0.5) is 0 Å². The fraction of sp³-hybridized carbons (Fsp3) is 0.435. The molecule has 0 N–H and O–H groups in total. The second kappa shape index (κ2) is 7.57. The van der Waals surface area contributed by atoms with Crippen LogP contribution in [0.5, 0.6) is 5.75 Å². The first-order valence-corrected chi connectivity index (χ1v) is 9.87. The first-order valence-electron chi connectivity index (χ1n) is 9.87. The third-order valence-corrected chi connectivity index (χ3v) is 5.58. The van der Waals surface area contributed by atoms with Crippen molar-refractivity contribution in [2.45, 2.75) is 45.0 Å². The van der Waals surface area contributed by atoms with Crippen LogP contribution in [0.25, 0.3) is 0 Å². The lowest BCUT2D eigenvalue weighted by atomic mass is 9.82. The number of hydrogen-bond acceptors (Lipinski definition) is 4. The van der Waals surface area contributed by atoms with Crippen molar-refractivity contribution in [1.29, 1.82) is 0 Å². The smallest absolute Gasteiger partial charge is 0.253 e. The van der Waals surface area contributed by atoms with Gasteiger partial charge in [-0.3, -0.25) is 4.79 Å². The van der Waals surface area contributed by atoms with Gasteiger partial charge in [0.25, 0.3) is 5.91 Å². The molecular weight excluding hydrogens is 354 g/mol. The van der Waals surface area contributed by atoms with Crippen molar-refractivity contribution < 1.29 is 19.0 Å². The van der Waals surface area contributed by atoms with Gasteiger partial charge < -0.3 is 19.1 Å². The fourth-order valence-electron chi connectivity index (χ4n) is 4.14. The van der Waals surface area contributed by atoms with Crippen molar-refractivity contribution in [2.24, 2.45) is 0 Å². The zero-order chi connectivity index (χ0) is 19.7. The molecule has 148 valence electrons. The Kier molecular flexibility index (Phi) is 5.13. The minimum atomic E-state index is -0.455. The van der Waals surface area contributed by atoms with E-state index in [1.807, 2.05) is 62.1 Å². The van der Waals surface area contributed by atoms with Gasteiger partial charge in [0.15, 0.2) is 0 Å². The van der Waals surface area contributed by atoms with Crippen molar-refractivity contribution in [2.75, 3.05) is 19.9 Å². The molecule has 2 heterocycles. The van der Waals surface area contributed by atoms with Crippen molar-refractivity contribution in [3.8, 4) is 5.75 Å². The summed E-state index contributed by atoms with van der Waals surface area (Å²) in [5.41, 5.74) is 2.31. The van der Waals surface area contributed by atoms with Crippen LogP contribution < -0.4 is 4.74 Å². The topological polar surface area (TPSA) is 48.0 Å². The Labute approximate surface area is 166 Å². The summed E-state index contributed by atoms with van der Waals surface area (Å²) in [7, 11) is 0. The summed E-state index contributed by atoms with van der Waals surface area (Å²) in [6.07, 6.45) is 0.672. The van der Waals surface area contributed by atoms with Gasteiger partial charge in [-0.2, -0.15) is 0 Å². The van der Waals surface area contributed by atoms with Crippen LogP contribution in [0, 0.1) is 6.92 Å². The van der Waals surface area contributed by atoms with E-state index < -0.39 is 5.60 Å². The highest BCUT2D eigenvalue weighted by Crippen LogP contribution is 2.42. The van der Waals surface area contributed by atoms with Crippen LogP contribution in [0.3, 0.4) is 0 Å². The summed E-state index contributed by atoms with van der Waals surface area (Å²) < 4.78 is 17.7. The zero-order valence-corrected chi connectivity index (χ0v) is 16.7. The molecule has 2 aliphatic heterocycles. The molecule has 0 aliphatic carbocycles. The molecule has 2 aliphatic rings. The molecule has 1 unspecified atom stereocenters. The molecule has 0 aromatic heterocycles. The van der Waals surface area contributed by atoms with Gasteiger partial charge in [-0.15, -0.1) is 0 Å². The van der Waals surface area contributed by atoms with Gasteiger partial charge in [-0.05, 0) is 50.1 Å². The van der Waals surface area contributed by atoms with Gasteiger partial charge in [0.2, 0.25) is 0 Å². The molecular formula is C23H27NO4. The number of carbonyl (C=O) groups is 1. The van der Waals surface area contributed by atoms with E-state index in [4.69, 9.17) is 14.2 Å². The summed E-state index contributed by atoms with van der Waals surface area (Å²) >= 11 is 0. The largest absolute Gasteiger partial charge is 0.491 e.